The van der Waals surface area contributed by atoms with Gasteiger partial charge in [-0.25, -0.2) is 0 Å². The smallest absolute Gasteiger partial charge is 0.278 e. The van der Waals surface area contributed by atoms with E-state index in [1.165, 1.54) is 0 Å². The molecule has 1 aliphatic rings. The number of pyridine rings is 1. The van der Waals surface area contributed by atoms with Crippen molar-refractivity contribution in [1.82, 2.24) is 10.3 Å². The molecule has 0 spiro atoms. The number of hydrogen-bond acceptors (Lipinski definition) is 5. The summed E-state index contributed by atoms with van der Waals surface area (Å²) in [6, 6.07) is 5.58. The molecule has 3 rings (SSSR count). The van der Waals surface area contributed by atoms with Crippen LogP contribution in [0.4, 0.5) is 11.4 Å². The Hall–Kier alpha value is -1.92. The van der Waals surface area contributed by atoms with Crippen molar-refractivity contribution in [3.8, 4) is 0 Å². The number of nitro benzene ring substituents is 1. The summed E-state index contributed by atoms with van der Waals surface area (Å²) in [4.78, 5) is 14.7. The quantitative estimate of drug-likeness (QED) is 0.673. The van der Waals surface area contributed by atoms with Gasteiger partial charge in [0.15, 0.2) is 0 Å². The van der Waals surface area contributed by atoms with Crippen molar-refractivity contribution in [2.75, 3.05) is 18.4 Å². The molecule has 0 bridgehead atoms. The fourth-order valence-electron chi connectivity index (χ4n) is 2.65. The molecule has 1 aromatic carbocycles. The monoisotopic (exact) mass is 308 g/mol. The van der Waals surface area contributed by atoms with Crippen LogP contribution in [-0.2, 0) is 0 Å². The first kappa shape index (κ1) is 15.5. The van der Waals surface area contributed by atoms with Crippen molar-refractivity contribution >= 4 is 34.6 Å². The maximum absolute atomic E-state index is 11.1. The van der Waals surface area contributed by atoms with Crippen LogP contribution in [0.15, 0.2) is 30.6 Å². The van der Waals surface area contributed by atoms with Gasteiger partial charge in [-0.2, -0.15) is 0 Å². The molecule has 1 saturated heterocycles. The minimum absolute atomic E-state index is 0. The van der Waals surface area contributed by atoms with E-state index in [9.17, 15) is 10.1 Å². The zero-order chi connectivity index (χ0) is 13.9. The number of aromatic nitrogens is 1. The van der Waals surface area contributed by atoms with Gasteiger partial charge in [-0.1, -0.05) is 0 Å². The van der Waals surface area contributed by atoms with Crippen molar-refractivity contribution in [2.45, 2.75) is 18.9 Å². The van der Waals surface area contributed by atoms with Crippen molar-refractivity contribution < 1.29 is 4.92 Å². The lowest BCUT2D eigenvalue weighted by Gasteiger charge is -2.25. The highest BCUT2D eigenvalue weighted by Crippen LogP contribution is 2.31. The van der Waals surface area contributed by atoms with E-state index >= 15 is 0 Å². The van der Waals surface area contributed by atoms with Crippen LogP contribution in [0.2, 0.25) is 0 Å². The van der Waals surface area contributed by atoms with Gasteiger partial charge in [-0.05, 0) is 38.1 Å². The molecule has 2 aromatic rings. The molecule has 6 nitrogen and oxygen atoms in total. The predicted octanol–water partition coefficient (Wildman–Crippen LogP) is 2.73. The van der Waals surface area contributed by atoms with Gasteiger partial charge >= 0.3 is 0 Å². The summed E-state index contributed by atoms with van der Waals surface area (Å²) in [5, 5.41) is 19.3. The Kier molecular flexibility index (Phi) is 4.93. The Morgan fingerprint density at radius 2 is 2.00 bits per heavy atom. The standard InChI is InChI=1S/C14H16N4O2.ClH/c19-18(20)14-2-1-13(11-5-8-16-9-12(11)14)17-10-3-6-15-7-4-10;/h1-2,5,8-10,15,17H,3-4,6-7H2;1H. The van der Waals surface area contributed by atoms with Crippen LogP contribution >= 0.6 is 12.4 Å². The molecule has 0 unspecified atom stereocenters. The molecular formula is C14H17ClN4O2. The van der Waals surface area contributed by atoms with Crippen molar-refractivity contribution in [1.29, 1.82) is 0 Å². The van der Waals surface area contributed by atoms with E-state index in [1.54, 1.807) is 24.5 Å². The number of nitro groups is 1. The van der Waals surface area contributed by atoms with E-state index in [2.05, 4.69) is 15.6 Å². The first-order valence-electron chi connectivity index (χ1n) is 6.74. The molecule has 21 heavy (non-hydrogen) atoms. The fraction of sp³-hybridized carbons (Fsp3) is 0.357. The molecule has 0 amide bonds. The summed E-state index contributed by atoms with van der Waals surface area (Å²) in [6.45, 7) is 2.01. The highest BCUT2D eigenvalue weighted by molar-refractivity contribution is 5.99. The van der Waals surface area contributed by atoms with Crippen molar-refractivity contribution in [2.24, 2.45) is 0 Å². The molecule has 0 radical (unpaired) electrons. The lowest BCUT2D eigenvalue weighted by atomic mass is 10.0. The summed E-state index contributed by atoms with van der Waals surface area (Å²) >= 11 is 0. The lowest BCUT2D eigenvalue weighted by Crippen LogP contribution is -2.35. The number of nitrogens with zero attached hydrogens (tertiary/aromatic N) is 2. The number of hydrogen-bond donors (Lipinski definition) is 2. The minimum atomic E-state index is -0.363. The van der Waals surface area contributed by atoms with E-state index in [-0.39, 0.29) is 23.0 Å². The zero-order valence-electron chi connectivity index (χ0n) is 11.4. The Labute approximate surface area is 128 Å². The van der Waals surface area contributed by atoms with E-state index in [1.807, 2.05) is 6.07 Å². The SMILES string of the molecule is Cl.O=[N+]([O-])c1ccc(NC2CCNCC2)c2ccncc12. The van der Waals surface area contributed by atoms with Crippen molar-refractivity contribution in [3.63, 3.8) is 0 Å². The zero-order valence-corrected chi connectivity index (χ0v) is 12.2. The number of piperidine rings is 1. The molecule has 112 valence electrons. The van der Waals surface area contributed by atoms with E-state index in [4.69, 9.17) is 0 Å². The third kappa shape index (κ3) is 3.22. The molecule has 1 aromatic heterocycles. The van der Waals surface area contributed by atoms with Crippen LogP contribution in [0.5, 0.6) is 0 Å². The van der Waals surface area contributed by atoms with Crippen LogP contribution in [0.25, 0.3) is 10.8 Å². The maximum Gasteiger partial charge on any atom is 0.278 e. The van der Waals surface area contributed by atoms with Gasteiger partial charge in [-0.3, -0.25) is 15.1 Å². The molecular weight excluding hydrogens is 292 g/mol. The summed E-state index contributed by atoms with van der Waals surface area (Å²) < 4.78 is 0. The van der Waals surface area contributed by atoms with Gasteiger partial charge in [0.25, 0.3) is 5.69 Å². The minimum Gasteiger partial charge on any atom is -0.382 e. The second-order valence-corrected chi connectivity index (χ2v) is 4.98. The van der Waals surface area contributed by atoms with Crippen LogP contribution in [-0.4, -0.2) is 29.0 Å². The third-order valence-electron chi connectivity index (χ3n) is 3.69. The predicted molar refractivity (Wildman–Crippen MR) is 85.2 cm³/mol. The van der Waals surface area contributed by atoms with E-state index < -0.39 is 0 Å². The van der Waals surface area contributed by atoms with E-state index in [0.29, 0.717) is 11.4 Å². The summed E-state index contributed by atoms with van der Waals surface area (Å²) in [6.07, 6.45) is 5.34. The normalized spacial score (nSPS) is 15.4. The first-order chi connectivity index (χ1) is 9.75. The molecule has 2 N–H and O–H groups in total. The number of benzene rings is 1. The van der Waals surface area contributed by atoms with Gasteiger partial charge < -0.3 is 10.6 Å². The van der Waals surface area contributed by atoms with Gasteiger partial charge in [0.1, 0.15) is 0 Å². The van der Waals surface area contributed by atoms with Gasteiger partial charge in [0, 0.05) is 35.6 Å². The summed E-state index contributed by atoms with van der Waals surface area (Å²) in [5.74, 6) is 0. The Morgan fingerprint density at radius 1 is 1.24 bits per heavy atom. The fourth-order valence-corrected chi connectivity index (χ4v) is 2.65. The average molecular weight is 309 g/mol. The Bertz CT molecular complexity index is 644. The molecule has 7 heteroatoms. The highest BCUT2D eigenvalue weighted by Gasteiger charge is 2.17. The molecule has 0 saturated carbocycles. The Balaban J connectivity index is 0.00000161. The second kappa shape index (κ2) is 6.69. The molecule has 0 aliphatic carbocycles. The number of anilines is 1. The maximum atomic E-state index is 11.1. The highest BCUT2D eigenvalue weighted by atomic mass is 35.5. The van der Waals surface area contributed by atoms with Gasteiger partial charge in [0.2, 0.25) is 0 Å². The summed E-state index contributed by atoms with van der Waals surface area (Å²) in [5.41, 5.74) is 1.05. The Morgan fingerprint density at radius 3 is 2.71 bits per heavy atom. The third-order valence-corrected chi connectivity index (χ3v) is 3.69. The number of fused-ring (bicyclic) bond motifs is 1. The first-order valence-corrected chi connectivity index (χ1v) is 6.74. The number of rotatable bonds is 3. The van der Waals surface area contributed by atoms with Crippen LogP contribution in [0, 0.1) is 10.1 Å². The molecule has 2 heterocycles. The average Bonchev–Trinajstić information content (AvgIpc) is 2.48. The van der Waals surface area contributed by atoms with Gasteiger partial charge in [-0.15, -0.1) is 12.4 Å². The van der Waals surface area contributed by atoms with E-state index in [0.717, 1.165) is 37.0 Å². The molecule has 1 aliphatic heterocycles. The van der Waals surface area contributed by atoms with Gasteiger partial charge in [0.05, 0.1) is 10.3 Å². The van der Waals surface area contributed by atoms with Crippen LogP contribution in [0.3, 0.4) is 0 Å². The number of nitrogens with one attached hydrogen (secondary N) is 2. The molecule has 1 fully saturated rings. The largest absolute Gasteiger partial charge is 0.382 e. The second-order valence-electron chi connectivity index (χ2n) is 4.98. The van der Waals surface area contributed by atoms with Crippen molar-refractivity contribution in [3.05, 3.63) is 40.7 Å². The number of non-ortho nitro benzene ring substituents is 1. The molecule has 0 atom stereocenters. The lowest BCUT2D eigenvalue weighted by molar-refractivity contribution is -0.383. The van der Waals surface area contributed by atoms with Crippen LogP contribution < -0.4 is 10.6 Å². The number of halogens is 1. The summed E-state index contributed by atoms with van der Waals surface area (Å²) in [7, 11) is 0. The van der Waals surface area contributed by atoms with Crippen LogP contribution in [0.1, 0.15) is 12.8 Å². The topological polar surface area (TPSA) is 80.1 Å².